The van der Waals surface area contributed by atoms with Crippen LogP contribution in [-0.4, -0.2) is 50.6 Å². The predicted octanol–water partition coefficient (Wildman–Crippen LogP) is 4.15. The fourth-order valence-electron chi connectivity index (χ4n) is 3.00. The molecule has 0 fully saturated rings. The van der Waals surface area contributed by atoms with Crippen molar-refractivity contribution in [2.75, 3.05) is 33.8 Å². The van der Waals surface area contributed by atoms with Gasteiger partial charge in [0.05, 0.1) is 13.2 Å². The SMILES string of the molecule is CCNC(=NCc1ccc(C(=O)N(C)C)cc1)NCCCOc1c(C)cccc1C.I. The van der Waals surface area contributed by atoms with E-state index in [2.05, 4.69) is 41.6 Å². The number of halogens is 1. The van der Waals surface area contributed by atoms with Crippen LogP contribution in [0.5, 0.6) is 5.75 Å². The van der Waals surface area contributed by atoms with Gasteiger partial charge in [-0.05, 0) is 56.0 Å². The standard InChI is InChI=1S/C24H34N4O2.HI/c1-6-25-24(26-15-8-16-30-22-18(2)9-7-10-19(22)3)27-17-20-11-13-21(14-12-20)23(29)28(4)5;/h7,9-14H,6,8,15-17H2,1-5H3,(H2,25,26,27);1H. The largest absolute Gasteiger partial charge is 0.493 e. The first-order chi connectivity index (χ1) is 14.4. The fourth-order valence-corrected chi connectivity index (χ4v) is 3.00. The van der Waals surface area contributed by atoms with Gasteiger partial charge in [-0.1, -0.05) is 30.3 Å². The van der Waals surface area contributed by atoms with Crippen LogP contribution in [0, 0.1) is 13.8 Å². The number of hydrogen-bond donors (Lipinski definition) is 2. The van der Waals surface area contributed by atoms with E-state index in [1.807, 2.05) is 37.3 Å². The van der Waals surface area contributed by atoms with Crippen molar-refractivity contribution >= 4 is 35.8 Å². The molecule has 0 saturated carbocycles. The Balaban J connectivity index is 0.00000480. The third kappa shape index (κ3) is 8.77. The second kappa shape index (κ2) is 13.9. The van der Waals surface area contributed by atoms with E-state index in [4.69, 9.17) is 4.74 Å². The van der Waals surface area contributed by atoms with Gasteiger partial charge in [0.2, 0.25) is 0 Å². The molecule has 0 aliphatic heterocycles. The van der Waals surface area contributed by atoms with E-state index in [0.29, 0.717) is 18.7 Å². The summed E-state index contributed by atoms with van der Waals surface area (Å²) in [7, 11) is 3.50. The number of aliphatic imine (C=N–C) groups is 1. The number of nitrogens with one attached hydrogen (secondary N) is 2. The van der Waals surface area contributed by atoms with Crippen molar-refractivity contribution < 1.29 is 9.53 Å². The number of amides is 1. The van der Waals surface area contributed by atoms with Crippen molar-refractivity contribution in [2.45, 2.75) is 33.7 Å². The molecular formula is C24H35IN4O2. The molecule has 7 heteroatoms. The van der Waals surface area contributed by atoms with Gasteiger partial charge >= 0.3 is 0 Å². The van der Waals surface area contributed by atoms with Crippen molar-refractivity contribution in [1.82, 2.24) is 15.5 Å². The molecule has 0 radical (unpaired) electrons. The Morgan fingerprint density at radius 3 is 2.26 bits per heavy atom. The quantitative estimate of drug-likeness (QED) is 0.218. The molecule has 170 valence electrons. The molecule has 0 unspecified atom stereocenters. The number of ether oxygens (including phenoxy) is 1. The monoisotopic (exact) mass is 538 g/mol. The average Bonchev–Trinajstić information content (AvgIpc) is 2.73. The first-order valence-corrected chi connectivity index (χ1v) is 10.4. The lowest BCUT2D eigenvalue weighted by atomic mass is 10.1. The van der Waals surface area contributed by atoms with E-state index in [-0.39, 0.29) is 29.9 Å². The minimum Gasteiger partial charge on any atom is -0.493 e. The molecule has 2 rings (SSSR count). The summed E-state index contributed by atoms with van der Waals surface area (Å²) in [6, 6.07) is 13.8. The Kier molecular flexibility index (Phi) is 12.0. The number of guanidine groups is 1. The Hall–Kier alpha value is -2.29. The van der Waals surface area contributed by atoms with E-state index in [1.165, 1.54) is 0 Å². The molecule has 31 heavy (non-hydrogen) atoms. The molecular weight excluding hydrogens is 503 g/mol. The summed E-state index contributed by atoms with van der Waals surface area (Å²) in [6.45, 7) is 8.94. The van der Waals surface area contributed by atoms with Gasteiger partial charge < -0.3 is 20.3 Å². The number of benzene rings is 2. The first-order valence-electron chi connectivity index (χ1n) is 10.4. The normalized spacial score (nSPS) is 10.8. The predicted molar refractivity (Wildman–Crippen MR) is 139 cm³/mol. The van der Waals surface area contributed by atoms with E-state index in [9.17, 15) is 4.79 Å². The molecule has 2 N–H and O–H groups in total. The maximum atomic E-state index is 12.0. The zero-order valence-corrected chi connectivity index (χ0v) is 21.5. The van der Waals surface area contributed by atoms with Gasteiger partial charge in [-0.25, -0.2) is 4.99 Å². The van der Waals surface area contributed by atoms with Crippen LogP contribution in [-0.2, 0) is 6.54 Å². The number of hydrogen-bond acceptors (Lipinski definition) is 3. The lowest BCUT2D eigenvalue weighted by Gasteiger charge is -2.14. The molecule has 0 atom stereocenters. The molecule has 2 aromatic rings. The molecule has 6 nitrogen and oxygen atoms in total. The highest BCUT2D eigenvalue weighted by Crippen LogP contribution is 2.22. The number of para-hydroxylation sites is 1. The molecule has 0 aliphatic rings. The lowest BCUT2D eigenvalue weighted by Crippen LogP contribution is -2.38. The number of rotatable bonds is 9. The zero-order chi connectivity index (χ0) is 21.9. The summed E-state index contributed by atoms with van der Waals surface area (Å²) in [4.78, 5) is 18.2. The zero-order valence-electron chi connectivity index (χ0n) is 19.2. The summed E-state index contributed by atoms with van der Waals surface area (Å²) >= 11 is 0. The van der Waals surface area contributed by atoms with Crippen LogP contribution < -0.4 is 15.4 Å². The molecule has 0 spiro atoms. The number of aryl methyl sites for hydroxylation is 2. The summed E-state index contributed by atoms with van der Waals surface area (Å²) in [5.74, 6) is 1.76. The van der Waals surface area contributed by atoms with Crippen LogP contribution in [0.2, 0.25) is 0 Å². The second-order valence-electron chi connectivity index (χ2n) is 7.44. The minimum absolute atomic E-state index is 0. The highest BCUT2D eigenvalue weighted by atomic mass is 127. The van der Waals surface area contributed by atoms with E-state index >= 15 is 0 Å². The van der Waals surface area contributed by atoms with Crippen LogP contribution in [0.25, 0.3) is 0 Å². The maximum absolute atomic E-state index is 12.0. The molecule has 0 aromatic heterocycles. The van der Waals surface area contributed by atoms with Crippen LogP contribution in [0.1, 0.15) is 40.4 Å². The summed E-state index contributed by atoms with van der Waals surface area (Å²) in [5.41, 5.74) is 4.06. The van der Waals surface area contributed by atoms with E-state index in [0.717, 1.165) is 47.9 Å². The van der Waals surface area contributed by atoms with Gasteiger partial charge in [0.1, 0.15) is 5.75 Å². The molecule has 1 amide bonds. The summed E-state index contributed by atoms with van der Waals surface area (Å²) in [5, 5.41) is 6.61. The third-order valence-corrected chi connectivity index (χ3v) is 4.64. The third-order valence-electron chi connectivity index (χ3n) is 4.64. The van der Waals surface area contributed by atoms with Crippen molar-refractivity contribution in [1.29, 1.82) is 0 Å². The lowest BCUT2D eigenvalue weighted by molar-refractivity contribution is 0.0827. The molecule has 0 saturated heterocycles. The van der Waals surface area contributed by atoms with Crippen LogP contribution in [0.3, 0.4) is 0 Å². The molecule has 0 heterocycles. The van der Waals surface area contributed by atoms with Gasteiger partial charge in [0.15, 0.2) is 5.96 Å². The van der Waals surface area contributed by atoms with Crippen LogP contribution in [0.15, 0.2) is 47.5 Å². The second-order valence-corrected chi connectivity index (χ2v) is 7.44. The molecule has 2 aromatic carbocycles. The van der Waals surface area contributed by atoms with E-state index in [1.54, 1.807) is 19.0 Å². The molecule has 0 aliphatic carbocycles. The van der Waals surface area contributed by atoms with Crippen molar-refractivity contribution in [3.05, 3.63) is 64.7 Å². The van der Waals surface area contributed by atoms with Crippen LogP contribution >= 0.6 is 24.0 Å². The fraction of sp³-hybridized carbons (Fsp3) is 0.417. The van der Waals surface area contributed by atoms with Gasteiger partial charge in [-0.2, -0.15) is 0 Å². The maximum Gasteiger partial charge on any atom is 0.253 e. The topological polar surface area (TPSA) is 66.0 Å². The summed E-state index contributed by atoms with van der Waals surface area (Å²) < 4.78 is 5.95. The Morgan fingerprint density at radius 2 is 1.68 bits per heavy atom. The Labute approximate surface area is 203 Å². The summed E-state index contributed by atoms with van der Waals surface area (Å²) in [6.07, 6.45) is 0.875. The van der Waals surface area contributed by atoms with Crippen molar-refractivity contribution in [2.24, 2.45) is 4.99 Å². The highest BCUT2D eigenvalue weighted by molar-refractivity contribution is 14.0. The van der Waals surface area contributed by atoms with Gasteiger partial charge in [0, 0.05) is 32.7 Å². The van der Waals surface area contributed by atoms with Gasteiger partial charge in [-0.15, -0.1) is 24.0 Å². The van der Waals surface area contributed by atoms with E-state index < -0.39 is 0 Å². The molecule has 0 bridgehead atoms. The number of carbonyl (C=O) groups excluding carboxylic acids is 1. The van der Waals surface area contributed by atoms with Gasteiger partial charge in [0.25, 0.3) is 5.91 Å². The Morgan fingerprint density at radius 1 is 1.03 bits per heavy atom. The Bertz CT molecular complexity index is 831. The highest BCUT2D eigenvalue weighted by Gasteiger charge is 2.07. The van der Waals surface area contributed by atoms with Crippen molar-refractivity contribution in [3.8, 4) is 5.75 Å². The smallest absolute Gasteiger partial charge is 0.253 e. The van der Waals surface area contributed by atoms with Crippen molar-refractivity contribution in [3.63, 3.8) is 0 Å². The van der Waals surface area contributed by atoms with Gasteiger partial charge in [-0.3, -0.25) is 4.79 Å². The first kappa shape index (κ1) is 26.7. The van der Waals surface area contributed by atoms with Crippen LogP contribution in [0.4, 0.5) is 0 Å². The number of nitrogens with zero attached hydrogens (tertiary/aromatic N) is 2. The number of carbonyl (C=O) groups is 1. The average molecular weight is 538 g/mol. The minimum atomic E-state index is 0.